The van der Waals surface area contributed by atoms with Crippen molar-refractivity contribution >= 4 is 23.6 Å². The molecule has 2 amide bonds. The van der Waals surface area contributed by atoms with E-state index in [1.807, 2.05) is 29.4 Å². The minimum absolute atomic E-state index is 0.244. The summed E-state index contributed by atoms with van der Waals surface area (Å²) in [7, 11) is 0. The van der Waals surface area contributed by atoms with Crippen LogP contribution >= 0.6 is 11.8 Å². The zero-order chi connectivity index (χ0) is 16.9. The van der Waals surface area contributed by atoms with Gasteiger partial charge in [0, 0.05) is 32.1 Å². The fourth-order valence-electron chi connectivity index (χ4n) is 3.98. The number of carbonyl (C=O) groups excluding carboxylic acids is 2. The Kier molecular flexibility index (Phi) is 5.82. The number of hydrogen-bond acceptors (Lipinski definition) is 3. The number of nitrogens with zero attached hydrogens (tertiary/aromatic N) is 2. The Labute approximate surface area is 148 Å². The number of benzene rings is 1. The zero-order valence-corrected chi connectivity index (χ0v) is 15.1. The summed E-state index contributed by atoms with van der Waals surface area (Å²) in [6.45, 7) is 2.40. The predicted octanol–water partition coefficient (Wildman–Crippen LogP) is 2.43. The van der Waals surface area contributed by atoms with E-state index in [0.717, 1.165) is 38.9 Å². The van der Waals surface area contributed by atoms with Gasteiger partial charge in [0.25, 0.3) is 0 Å². The van der Waals surface area contributed by atoms with E-state index in [2.05, 4.69) is 17.0 Å². The molecule has 0 aliphatic carbocycles. The van der Waals surface area contributed by atoms with E-state index in [9.17, 15) is 9.59 Å². The quantitative estimate of drug-likeness (QED) is 0.822. The molecular formula is C19H26N2O2S. The lowest BCUT2D eigenvalue weighted by atomic mass is 9.83. The van der Waals surface area contributed by atoms with Crippen LogP contribution in [-0.4, -0.2) is 59.3 Å². The van der Waals surface area contributed by atoms with Crippen molar-refractivity contribution in [1.82, 2.24) is 9.80 Å². The second kappa shape index (κ2) is 8.06. The lowest BCUT2D eigenvalue weighted by molar-refractivity contribution is -0.143. The molecule has 2 atom stereocenters. The van der Waals surface area contributed by atoms with Gasteiger partial charge in [0.2, 0.25) is 11.8 Å². The smallest absolute Gasteiger partial charge is 0.232 e. The maximum absolute atomic E-state index is 12.4. The largest absolute Gasteiger partial charge is 0.342 e. The number of amides is 2. The number of likely N-dealkylation sites (tertiary alicyclic amines) is 2. The molecule has 0 bridgehead atoms. The first-order valence-corrected chi connectivity index (χ1v) is 10.2. The molecule has 0 aromatic heterocycles. The maximum Gasteiger partial charge on any atom is 0.232 e. The summed E-state index contributed by atoms with van der Waals surface area (Å²) < 4.78 is 0. The molecule has 0 N–H and O–H groups in total. The van der Waals surface area contributed by atoms with Crippen molar-refractivity contribution in [3.8, 4) is 0 Å². The molecule has 2 aliphatic heterocycles. The van der Waals surface area contributed by atoms with Crippen molar-refractivity contribution in [3.05, 3.63) is 35.9 Å². The first-order chi connectivity index (χ1) is 11.7. The maximum atomic E-state index is 12.4. The number of hydrogen-bond donors (Lipinski definition) is 0. The van der Waals surface area contributed by atoms with Crippen LogP contribution in [0, 0.1) is 5.92 Å². The van der Waals surface area contributed by atoms with Gasteiger partial charge in [0.1, 0.15) is 0 Å². The molecule has 1 aromatic carbocycles. The van der Waals surface area contributed by atoms with Gasteiger partial charge in [-0.2, -0.15) is 11.8 Å². The fraction of sp³-hybridized carbons (Fsp3) is 0.579. The zero-order valence-electron chi connectivity index (χ0n) is 14.3. The molecule has 24 heavy (non-hydrogen) atoms. The summed E-state index contributed by atoms with van der Waals surface area (Å²) in [5.74, 6) is 1.54. The number of fused-ring (bicyclic) bond motifs is 1. The van der Waals surface area contributed by atoms with E-state index >= 15 is 0 Å². The Morgan fingerprint density at radius 2 is 2.04 bits per heavy atom. The van der Waals surface area contributed by atoms with Crippen molar-refractivity contribution < 1.29 is 9.59 Å². The molecule has 0 unspecified atom stereocenters. The molecule has 0 spiro atoms. The van der Waals surface area contributed by atoms with Gasteiger partial charge in [-0.15, -0.1) is 0 Å². The highest BCUT2D eigenvalue weighted by Gasteiger charge is 2.39. The molecule has 4 nitrogen and oxygen atoms in total. The minimum atomic E-state index is 0.244. The first kappa shape index (κ1) is 17.3. The van der Waals surface area contributed by atoms with Crippen molar-refractivity contribution in [1.29, 1.82) is 0 Å². The van der Waals surface area contributed by atoms with Crippen molar-refractivity contribution in [2.24, 2.45) is 5.92 Å². The average molecular weight is 346 g/mol. The van der Waals surface area contributed by atoms with E-state index in [-0.39, 0.29) is 11.8 Å². The van der Waals surface area contributed by atoms with E-state index in [1.54, 1.807) is 11.8 Å². The Bertz CT molecular complexity index is 578. The lowest BCUT2D eigenvalue weighted by Gasteiger charge is -2.47. The number of rotatable bonds is 5. The Morgan fingerprint density at radius 1 is 1.25 bits per heavy atom. The summed E-state index contributed by atoms with van der Waals surface area (Å²) in [5, 5.41) is 0. The molecule has 0 saturated carbocycles. The number of carbonyl (C=O) groups is 2. The fourth-order valence-corrected chi connectivity index (χ4v) is 4.41. The molecule has 0 radical (unpaired) electrons. The Hall–Kier alpha value is -1.49. The van der Waals surface area contributed by atoms with Gasteiger partial charge in [-0.3, -0.25) is 9.59 Å². The molecule has 3 rings (SSSR count). The van der Waals surface area contributed by atoms with Crippen LogP contribution in [0.25, 0.3) is 0 Å². The minimum Gasteiger partial charge on any atom is -0.342 e. The monoisotopic (exact) mass is 346 g/mol. The lowest BCUT2D eigenvalue weighted by Crippen LogP contribution is -2.57. The predicted molar refractivity (Wildman–Crippen MR) is 98.0 cm³/mol. The van der Waals surface area contributed by atoms with Crippen LogP contribution in [0.1, 0.15) is 24.8 Å². The molecule has 5 heteroatoms. The van der Waals surface area contributed by atoms with Crippen molar-refractivity contribution in [2.75, 3.05) is 31.6 Å². The van der Waals surface area contributed by atoms with Gasteiger partial charge in [-0.05, 0) is 37.0 Å². The third-order valence-electron chi connectivity index (χ3n) is 5.25. The second-order valence-corrected chi connectivity index (χ2v) is 7.62. The molecule has 130 valence electrons. The van der Waals surface area contributed by atoms with Crippen molar-refractivity contribution in [3.63, 3.8) is 0 Å². The highest BCUT2D eigenvalue weighted by atomic mass is 32.2. The van der Waals surface area contributed by atoms with Crippen LogP contribution in [0.5, 0.6) is 0 Å². The van der Waals surface area contributed by atoms with Gasteiger partial charge in [0.05, 0.1) is 5.75 Å². The van der Waals surface area contributed by atoms with Crippen LogP contribution < -0.4 is 0 Å². The number of thioether (sulfide) groups is 1. The number of piperidine rings is 2. The Morgan fingerprint density at radius 3 is 2.79 bits per heavy atom. The molecule has 2 fully saturated rings. The van der Waals surface area contributed by atoms with Gasteiger partial charge in [-0.1, -0.05) is 30.3 Å². The molecule has 2 heterocycles. The molecule has 2 aliphatic rings. The average Bonchev–Trinajstić information content (AvgIpc) is 2.61. The topological polar surface area (TPSA) is 40.6 Å². The third-order valence-corrected chi connectivity index (χ3v) is 5.78. The van der Waals surface area contributed by atoms with Crippen LogP contribution in [0.2, 0.25) is 0 Å². The standard InChI is InChI=1S/C19H26N2O2S/c1-24-14-19(23)20-11-10-17-16(13-20)7-8-18(22)21(17)12-9-15-5-3-2-4-6-15/h2-6,16-17H,7-14H2,1H3/t16-,17+/m0/s1. The van der Waals surface area contributed by atoms with E-state index < -0.39 is 0 Å². The summed E-state index contributed by atoms with van der Waals surface area (Å²) >= 11 is 1.58. The summed E-state index contributed by atoms with van der Waals surface area (Å²) in [6.07, 6.45) is 5.35. The molecular weight excluding hydrogens is 320 g/mol. The van der Waals surface area contributed by atoms with Crippen LogP contribution in [0.15, 0.2) is 30.3 Å². The van der Waals surface area contributed by atoms with Gasteiger partial charge >= 0.3 is 0 Å². The highest BCUT2D eigenvalue weighted by molar-refractivity contribution is 7.99. The van der Waals surface area contributed by atoms with Crippen LogP contribution in [-0.2, 0) is 16.0 Å². The second-order valence-electron chi connectivity index (χ2n) is 6.75. The van der Waals surface area contributed by atoms with E-state index in [0.29, 0.717) is 24.1 Å². The summed E-state index contributed by atoms with van der Waals surface area (Å²) in [5.41, 5.74) is 1.28. The third kappa shape index (κ3) is 3.94. The molecule has 2 saturated heterocycles. The van der Waals surface area contributed by atoms with Crippen molar-refractivity contribution in [2.45, 2.75) is 31.7 Å². The summed E-state index contributed by atoms with van der Waals surface area (Å²) in [4.78, 5) is 28.7. The molecule has 1 aromatic rings. The van der Waals surface area contributed by atoms with Gasteiger partial charge < -0.3 is 9.80 Å². The highest BCUT2D eigenvalue weighted by Crippen LogP contribution is 2.31. The van der Waals surface area contributed by atoms with Gasteiger partial charge in [-0.25, -0.2) is 0 Å². The first-order valence-electron chi connectivity index (χ1n) is 8.79. The normalized spacial score (nSPS) is 24.0. The van der Waals surface area contributed by atoms with Crippen LogP contribution in [0.4, 0.5) is 0 Å². The Balaban J connectivity index is 1.61. The SMILES string of the molecule is CSCC(=O)N1CC[C@@H]2[C@@H](CCC(=O)N2CCc2ccccc2)C1. The van der Waals surface area contributed by atoms with Gasteiger partial charge in [0.15, 0.2) is 0 Å². The van der Waals surface area contributed by atoms with E-state index in [1.165, 1.54) is 5.56 Å². The van der Waals surface area contributed by atoms with Crippen LogP contribution in [0.3, 0.4) is 0 Å². The summed E-state index contributed by atoms with van der Waals surface area (Å²) in [6, 6.07) is 10.7. The van der Waals surface area contributed by atoms with E-state index in [4.69, 9.17) is 0 Å².